The number of carbonyl (C=O) groups excluding carboxylic acids is 1. The highest BCUT2D eigenvalue weighted by atomic mass is 35.5. The summed E-state index contributed by atoms with van der Waals surface area (Å²) in [5.74, 6) is 0.933. The fourth-order valence-electron chi connectivity index (χ4n) is 6.01. The van der Waals surface area contributed by atoms with Crippen molar-refractivity contribution in [2.45, 2.75) is 44.1 Å². The molecule has 0 amide bonds. The van der Waals surface area contributed by atoms with Gasteiger partial charge in [-0.3, -0.25) is 9.69 Å². The van der Waals surface area contributed by atoms with Gasteiger partial charge in [-0.15, -0.1) is 0 Å². The van der Waals surface area contributed by atoms with E-state index >= 15 is 0 Å². The molecule has 2 aliphatic heterocycles. The number of anilines is 1. The number of piperidine rings is 1. The number of aliphatic hydroxyl groups is 1. The van der Waals surface area contributed by atoms with Crippen molar-refractivity contribution in [3.63, 3.8) is 0 Å². The molecule has 0 saturated carbocycles. The van der Waals surface area contributed by atoms with Crippen LogP contribution in [0, 0.1) is 0 Å². The van der Waals surface area contributed by atoms with Crippen molar-refractivity contribution in [3.05, 3.63) is 94.4 Å². The lowest BCUT2D eigenvalue weighted by atomic mass is 9.84. The molecule has 220 valence electrons. The number of ether oxygens (including phenoxy) is 1. The topological polar surface area (TPSA) is 83.2 Å². The van der Waals surface area contributed by atoms with Crippen LogP contribution in [0.5, 0.6) is 0 Å². The van der Waals surface area contributed by atoms with E-state index in [1.54, 1.807) is 0 Å². The minimum Gasteiger partial charge on any atom is -0.385 e. The minimum atomic E-state index is -0.860. The van der Waals surface area contributed by atoms with Crippen LogP contribution in [0.4, 0.5) is 5.69 Å². The van der Waals surface area contributed by atoms with Crippen molar-refractivity contribution < 1.29 is 14.6 Å². The number of nitrogens with zero attached hydrogens (tertiary/aromatic N) is 5. The van der Waals surface area contributed by atoms with E-state index in [0.29, 0.717) is 43.8 Å². The van der Waals surface area contributed by atoms with Gasteiger partial charge in [-0.25, -0.2) is 9.50 Å². The molecule has 2 aliphatic rings. The van der Waals surface area contributed by atoms with E-state index in [0.717, 1.165) is 79.5 Å². The van der Waals surface area contributed by atoms with Crippen LogP contribution >= 0.6 is 11.6 Å². The summed E-state index contributed by atoms with van der Waals surface area (Å²) in [7, 11) is 0. The third-order valence-corrected chi connectivity index (χ3v) is 8.82. The van der Waals surface area contributed by atoms with Gasteiger partial charge in [0.2, 0.25) is 0 Å². The Kier molecular flexibility index (Phi) is 8.86. The highest BCUT2D eigenvalue weighted by Gasteiger charge is 2.34. The third kappa shape index (κ3) is 6.68. The number of morpholine rings is 1. The number of unbranched alkanes of at least 4 members (excludes halogenated alkanes) is 1. The van der Waals surface area contributed by atoms with E-state index in [9.17, 15) is 9.90 Å². The molecule has 8 nitrogen and oxygen atoms in total. The van der Waals surface area contributed by atoms with Gasteiger partial charge >= 0.3 is 0 Å². The lowest BCUT2D eigenvalue weighted by Crippen LogP contribution is -2.42. The van der Waals surface area contributed by atoms with Crippen molar-refractivity contribution >= 4 is 28.7 Å². The van der Waals surface area contributed by atoms with Crippen LogP contribution in [0.2, 0.25) is 5.02 Å². The summed E-state index contributed by atoms with van der Waals surface area (Å²) in [5, 5.41) is 16.7. The van der Waals surface area contributed by atoms with Gasteiger partial charge in [0.25, 0.3) is 0 Å². The second-order valence-corrected chi connectivity index (χ2v) is 11.9. The molecule has 42 heavy (non-hydrogen) atoms. The fraction of sp³-hybridized carbons (Fsp3) is 0.424. The Bertz CT molecular complexity index is 1490. The largest absolute Gasteiger partial charge is 0.385 e. The summed E-state index contributed by atoms with van der Waals surface area (Å²) in [6.45, 7) is 6.07. The number of hydrogen-bond acceptors (Lipinski definition) is 7. The molecule has 0 atom stereocenters. The molecule has 1 N–H and O–H groups in total. The second kappa shape index (κ2) is 12.9. The Labute approximate surface area is 251 Å². The van der Waals surface area contributed by atoms with Crippen molar-refractivity contribution in [2.24, 2.45) is 0 Å². The zero-order valence-corrected chi connectivity index (χ0v) is 24.7. The maximum Gasteiger partial charge on any atom is 0.178 e. The van der Waals surface area contributed by atoms with Gasteiger partial charge in [-0.1, -0.05) is 48.0 Å². The van der Waals surface area contributed by atoms with Crippen LogP contribution in [0.1, 0.15) is 59.4 Å². The fourth-order valence-corrected chi connectivity index (χ4v) is 6.13. The molecule has 0 bridgehead atoms. The number of rotatable bonds is 10. The maximum atomic E-state index is 12.7. The van der Waals surface area contributed by atoms with Crippen LogP contribution < -0.4 is 4.90 Å². The predicted octanol–water partition coefficient (Wildman–Crippen LogP) is 5.15. The molecule has 2 aromatic carbocycles. The second-order valence-electron chi connectivity index (χ2n) is 11.4. The zero-order chi connectivity index (χ0) is 28.9. The Balaban J connectivity index is 1.05. The number of pyridine rings is 1. The van der Waals surface area contributed by atoms with Crippen LogP contribution in [0.3, 0.4) is 0 Å². The number of fused-ring (bicyclic) bond motifs is 1. The summed E-state index contributed by atoms with van der Waals surface area (Å²) >= 11 is 6.05. The first-order valence-corrected chi connectivity index (χ1v) is 15.3. The molecule has 0 spiro atoms. The van der Waals surface area contributed by atoms with Gasteiger partial charge in [0.1, 0.15) is 0 Å². The molecule has 0 unspecified atom stereocenters. The highest BCUT2D eigenvalue weighted by molar-refractivity contribution is 6.30. The first-order valence-electron chi connectivity index (χ1n) is 15.0. The lowest BCUT2D eigenvalue weighted by molar-refractivity contribution is 0.0118. The van der Waals surface area contributed by atoms with Crippen LogP contribution in [0.15, 0.2) is 66.9 Å². The van der Waals surface area contributed by atoms with E-state index in [2.05, 4.69) is 15.9 Å². The molecule has 2 fully saturated rings. The molecule has 2 saturated heterocycles. The molecular formula is C33H38ClN5O3. The summed E-state index contributed by atoms with van der Waals surface area (Å²) in [6.07, 6.45) is 6.27. The minimum absolute atomic E-state index is 0.198. The predicted molar refractivity (Wildman–Crippen MR) is 164 cm³/mol. The molecule has 4 heterocycles. The molecule has 0 aliphatic carbocycles. The smallest absolute Gasteiger partial charge is 0.178 e. The summed E-state index contributed by atoms with van der Waals surface area (Å²) < 4.78 is 7.23. The average Bonchev–Trinajstić information content (AvgIpc) is 3.43. The van der Waals surface area contributed by atoms with E-state index in [1.165, 1.54) is 0 Å². The molecule has 0 radical (unpaired) electrons. The summed E-state index contributed by atoms with van der Waals surface area (Å²) in [5.41, 5.74) is 3.71. The van der Waals surface area contributed by atoms with E-state index in [4.69, 9.17) is 26.4 Å². The van der Waals surface area contributed by atoms with Crippen molar-refractivity contribution in [1.82, 2.24) is 19.5 Å². The Morgan fingerprint density at radius 3 is 2.43 bits per heavy atom. The van der Waals surface area contributed by atoms with Gasteiger partial charge < -0.3 is 14.7 Å². The number of hydrogen-bond donors (Lipinski definition) is 1. The average molecular weight is 588 g/mol. The molecule has 6 rings (SSSR count). The van der Waals surface area contributed by atoms with Gasteiger partial charge in [0.15, 0.2) is 17.3 Å². The van der Waals surface area contributed by atoms with Crippen LogP contribution in [-0.2, 0) is 16.8 Å². The highest BCUT2D eigenvalue weighted by Crippen LogP contribution is 2.36. The van der Waals surface area contributed by atoms with Crippen molar-refractivity contribution in [1.29, 1.82) is 0 Å². The summed E-state index contributed by atoms with van der Waals surface area (Å²) in [4.78, 5) is 22.3. The van der Waals surface area contributed by atoms with Crippen LogP contribution in [0.25, 0.3) is 5.65 Å². The lowest BCUT2D eigenvalue weighted by Gasteiger charge is -2.39. The number of benzene rings is 2. The van der Waals surface area contributed by atoms with E-state index < -0.39 is 5.60 Å². The van der Waals surface area contributed by atoms with E-state index in [1.807, 2.05) is 65.3 Å². The van der Waals surface area contributed by atoms with Gasteiger partial charge in [0.05, 0.1) is 24.5 Å². The number of ketones is 1. The SMILES string of the molecule is O=C(CCCCN1CCOCC1)c1ccc(Cc2nc3c(N4CCC(O)(c5ccc(Cl)cc5)CC4)cccn3n2)cc1. The first-order chi connectivity index (χ1) is 20.5. The van der Waals surface area contributed by atoms with Gasteiger partial charge in [-0.05, 0) is 67.6 Å². The third-order valence-electron chi connectivity index (χ3n) is 8.57. The number of halogens is 1. The molecular weight excluding hydrogens is 550 g/mol. The molecule has 2 aromatic heterocycles. The molecule has 4 aromatic rings. The maximum absolute atomic E-state index is 12.7. The Morgan fingerprint density at radius 1 is 0.952 bits per heavy atom. The number of Topliss-reactive ketones (excluding diaryl/α,β-unsaturated/α-hetero) is 1. The zero-order valence-electron chi connectivity index (χ0n) is 23.9. The van der Waals surface area contributed by atoms with Crippen molar-refractivity contribution in [2.75, 3.05) is 50.8 Å². The quantitative estimate of drug-likeness (QED) is 0.203. The summed E-state index contributed by atoms with van der Waals surface area (Å²) in [6, 6.07) is 19.4. The Morgan fingerprint density at radius 2 is 1.69 bits per heavy atom. The van der Waals surface area contributed by atoms with Crippen molar-refractivity contribution in [3.8, 4) is 0 Å². The van der Waals surface area contributed by atoms with Gasteiger partial charge in [-0.2, -0.15) is 5.10 Å². The molecule has 9 heteroatoms. The standard InChI is InChI=1S/C33H38ClN5O3/c34-28-12-10-27(11-13-28)33(41)14-18-38(19-15-33)29-4-3-17-39-32(29)35-31(36-39)24-25-6-8-26(9-7-25)30(40)5-1-2-16-37-20-22-42-23-21-37/h3-4,6-13,17,41H,1-2,5,14-16,18-24H2. The normalized spacial score (nSPS) is 17.5. The van der Waals surface area contributed by atoms with E-state index in [-0.39, 0.29) is 5.78 Å². The number of aromatic nitrogens is 3. The van der Waals surface area contributed by atoms with Crippen LogP contribution in [-0.4, -0.2) is 76.3 Å². The Hall–Kier alpha value is -3.30. The number of carbonyl (C=O) groups is 1. The first kappa shape index (κ1) is 28.8. The monoisotopic (exact) mass is 587 g/mol. The van der Waals surface area contributed by atoms with Gasteiger partial charge in [0, 0.05) is 55.8 Å².